The van der Waals surface area contributed by atoms with E-state index in [9.17, 15) is 4.79 Å². The van der Waals surface area contributed by atoms with E-state index in [1.165, 1.54) is 0 Å². The summed E-state index contributed by atoms with van der Waals surface area (Å²) < 4.78 is 5.14. The lowest BCUT2D eigenvalue weighted by Crippen LogP contribution is -2.28. The summed E-state index contributed by atoms with van der Waals surface area (Å²) in [4.78, 5) is 11.1. The highest BCUT2D eigenvalue weighted by molar-refractivity contribution is 5.87. The van der Waals surface area contributed by atoms with Gasteiger partial charge in [-0.1, -0.05) is 20.1 Å². The number of rotatable bonds is 4. The summed E-state index contributed by atoms with van der Waals surface area (Å²) in [6.07, 6.45) is 2.35. The van der Waals surface area contributed by atoms with Crippen LogP contribution in [0, 0.1) is 0 Å². The molecule has 0 aliphatic rings. The normalized spacial score (nSPS) is 14.6. The molecular formula is C10H16O2. The number of esters is 1. The Bertz CT molecular complexity index is 206. The van der Waals surface area contributed by atoms with Crippen molar-refractivity contribution in [1.82, 2.24) is 0 Å². The van der Waals surface area contributed by atoms with Gasteiger partial charge in [0.05, 0.1) is 0 Å². The monoisotopic (exact) mass is 168 g/mol. The molecule has 0 bridgehead atoms. The Morgan fingerprint density at radius 3 is 2.42 bits per heavy atom. The fraction of sp³-hybridized carbons (Fsp3) is 0.500. The fourth-order valence-corrected chi connectivity index (χ4v) is 0.557. The molecule has 0 aliphatic heterocycles. The Kier molecular flexibility index (Phi) is 3.74. The van der Waals surface area contributed by atoms with Crippen LogP contribution >= 0.6 is 0 Å². The number of ether oxygens (including phenoxy) is 1. The summed E-state index contributed by atoms with van der Waals surface area (Å²) in [5, 5.41) is 0. The van der Waals surface area contributed by atoms with E-state index in [2.05, 4.69) is 13.2 Å². The third kappa shape index (κ3) is 2.91. The Labute approximate surface area is 73.9 Å². The zero-order chi connectivity index (χ0) is 9.78. The van der Waals surface area contributed by atoms with Crippen molar-refractivity contribution in [2.24, 2.45) is 0 Å². The average Bonchev–Trinajstić information content (AvgIpc) is 2.04. The van der Waals surface area contributed by atoms with Crippen molar-refractivity contribution in [1.29, 1.82) is 0 Å². The second-order valence-electron chi connectivity index (χ2n) is 3.04. The second kappa shape index (κ2) is 4.10. The van der Waals surface area contributed by atoms with Crippen molar-refractivity contribution in [3.05, 3.63) is 24.8 Å². The molecule has 68 valence electrons. The topological polar surface area (TPSA) is 26.3 Å². The summed E-state index contributed by atoms with van der Waals surface area (Å²) in [6, 6.07) is 0. The molecule has 0 heterocycles. The first-order valence-corrected chi connectivity index (χ1v) is 3.97. The first-order chi connectivity index (χ1) is 5.45. The molecule has 0 N–H and O–H groups in total. The Morgan fingerprint density at radius 1 is 1.67 bits per heavy atom. The van der Waals surface area contributed by atoms with Gasteiger partial charge in [0.1, 0.15) is 5.60 Å². The Hall–Kier alpha value is -1.05. The molecule has 0 rings (SSSR count). The summed E-state index contributed by atoms with van der Waals surface area (Å²) in [6.45, 7) is 12.5. The van der Waals surface area contributed by atoms with Crippen LogP contribution in [0.4, 0.5) is 0 Å². The summed E-state index contributed by atoms with van der Waals surface area (Å²) >= 11 is 0. The molecule has 0 aromatic carbocycles. The molecule has 0 aromatic heterocycles. The molecule has 1 atom stereocenters. The van der Waals surface area contributed by atoms with Crippen LogP contribution in [0.1, 0.15) is 27.2 Å². The van der Waals surface area contributed by atoms with Crippen LogP contribution in [0.2, 0.25) is 0 Å². The van der Waals surface area contributed by atoms with Crippen LogP contribution in [-0.4, -0.2) is 11.6 Å². The van der Waals surface area contributed by atoms with E-state index in [4.69, 9.17) is 4.74 Å². The molecule has 0 aromatic rings. The maximum absolute atomic E-state index is 11.1. The van der Waals surface area contributed by atoms with Crippen molar-refractivity contribution in [3.63, 3.8) is 0 Å². The number of hydrogen-bond donors (Lipinski definition) is 0. The lowest BCUT2D eigenvalue weighted by Gasteiger charge is -2.24. The van der Waals surface area contributed by atoms with Crippen molar-refractivity contribution >= 4 is 5.97 Å². The van der Waals surface area contributed by atoms with E-state index in [1.54, 1.807) is 13.0 Å². The van der Waals surface area contributed by atoms with Crippen molar-refractivity contribution in [2.45, 2.75) is 32.8 Å². The van der Waals surface area contributed by atoms with E-state index >= 15 is 0 Å². The zero-order valence-corrected chi connectivity index (χ0v) is 8.02. The van der Waals surface area contributed by atoms with E-state index < -0.39 is 5.60 Å². The fourth-order valence-electron chi connectivity index (χ4n) is 0.557. The van der Waals surface area contributed by atoms with Crippen molar-refractivity contribution in [3.8, 4) is 0 Å². The van der Waals surface area contributed by atoms with Crippen LogP contribution in [0.25, 0.3) is 0 Å². The van der Waals surface area contributed by atoms with E-state index in [0.29, 0.717) is 5.57 Å². The molecule has 0 saturated carbocycles. The minimum atomic E-state index is -0.559. The molecule has 0 amide bonds. The lowest BCUT2D eigenvalue weighted by molar-refractivity contribution is -0.149. The van der Waals surface area contributed by atoms with Gasteiger partial charge in [-0.2, -0.15) is 0 Å². The predicted molar refractivity (Wildman–Crippen MR) is 49.8 cm³/mol. The van der Waals surface area contributed by atoms with Gasteiger partial charge in [0.2, 0.25) is 0 Å². The first-order valence-electron chi connectivity index (χ1n) is 3.97. The molecule has 0 radical (unpaired) electrons. The SMILES string of the molecule is C=CC(C)(CC)OC(=O)C(=C)C. The Morgan fingerprint density at radius 2 is 2.17 bits per heavy atom. The lowest BCUT2D eigenvalue weighted by atomic mass is 10.0. The summed E-state index contributed by atoms with van der Waals surface area (Å²) in [5.74, 6) is -0.362. The van der Waals surface area contributed by atoms with E-state index in [-0.39, 0.29) is 5.97 Å². The number of carbonyl (C=O) groups excluding carboxylic acids is 1. The van der Waals surface area contributed by atoms with Crippen LogP contribution in [0.15, 0.2) is 24.8 Å². The van der Waals surface area contributed by atoms with Gasteiger partial charge in [-0.15, -0.1) is 0 Å². The molecule has 0 fully saturated rings. The molecule has 0 aliphatic carbocycles. The van der Waals surface area contributed by atoms with Crippen LogP contribution < -0.4 is 0 Å². The zero-order valence-electron chi connectivity index (χ0n) is 8.02. The number of carbonyl (C=O) groups is 1. The summed E-state index contributed by atoms with van der Waals surface area (Å²) in [5.41, 5.74) is -0.146. The van der Waals surface area contributed by atoms with Gasteiger partial charge < -0.3 is 4.74 Å². The number of hydrogen-bond acceptors (Lipinski definition) is 2. The van der Waals surface area contributed by atoms with E-state index in [1.807, 2.05) is 13.8 Å². The van der Waals surface area contributed by atoms with Gasteiger partial charge in [0.15, 0.2) is 0 Å². The van der Waals surface area contributed by atoms with E-state index in [0.717, 1.165) is 6.42 Å². The van der Waals surface area contributed by atoms with Gasteiger partial charge in [0.25, 0.3) is 0 Å². The molecule has 1 unspecified atom stereocenters. The Balaban J connectivity index is 4.31. The predicted octanol–water partition coefficient (Wildman–Crippen LogP) is 2.46. The van der Waals surface area contributed by atoms with Gasteiger partial charge in [-0.3, -0.25) is 0 Å². The molecule has 0 saturated heterocycles. The smallest absolute Gasteiger partial charge is 0.333 e. The van der Waals surface area contributed by atoms with Crippen LogP contribution in [0.3, 0.4) is 0 Å². The van der Waals surface area contributed by atoms with Crippen molar-refractivity contribution < 1.29 is 9.53 Å². The molecular weight excluding hydrogens is 152 g/mol. The molecule has 12 heavy (non-hydrogen) atoms. The molecule has 2 nitrogen and oxygen atoms in total. The third-order valence-electron chi connectivity index (χ3n) is 1.81. The molecule has 2 heteroatoms. The maximum Gasteiger partial charge on any atom is 0.333 e. The highest BCUT2D eigenvalue weighted by Crippen LogP contribution is 2.17. The van der Waals surface area contributed by atoms with Gasteiger partial charge in [-0.05, 0) is 26.3 Å². The quantitative estimate of drug-likeness (QED) is 0.366. The standard InChI is InChI=1S/C10H16O2/c1-6-10(5,7-2)12-9(11)8(3)4/h6H,1,3,7H2,2,4-5H3. The van der Waals surface area contributed by atoms with Crippen LogP contribution in [-0.2, 0) is 9.53 Å². The third-order valence-corrected chi connectivity index (χ3v) is 1.81. The van der Waals surface area contributed by atoms with Gasteiger partial charge in [-0.25, -0.2) is 4.79 Å². The van der Waals surface area contributed by atoms with Crippen molar-refractivity contribution in [2.75, 3.05) is 0 Å². The van der Waals surface area contributed by atoms with Gasteiger partial charge in [0, 0.05) is 5.57 Å². The molecule has 0 spiro atoms. The van der Waals surface area contributed by atoms with Crippen LogP contribution in [0.5, 0.6) is 0 Å². The van der Waals surface area contributed by atoms with Gasteiger partial charge >= 0.3 is 5.97 Å². The minimum absolute atomic E-state index is 0.362. The average molecular weight is 168 g/mol. The highest BCUT2D eigenvalue weighted by Gasteiger charge is 2.22. The first kappa shape index (κ1) is 11.0. The summed E-state index contributed by atoms with van der Waals surface area (Å²) in [7, 11) is 0. The minimum Gasteiger partial charge on any atom is -0.452 e. The maximum atomic E-state index is 11.1. The largest absolute Gasteiger partial charge is 0.452 e. The second-order valence-corrected chi connectivity index (χ2v) is 3.04. The highest BCUT2D eigenvalue weighted by atomic mass is 16.6.